The van der Waals surface area contributed by atoms with Gasteiger partial charge in [-0.25, -0.2) is 4.79 Å². The number of anilines is 3. The number of benzene rings is 2. The van der Waals surface area contributed by atoms with E-state index < -0.39 is 5.97 Å². The summed E-state index contributed by atoms with van der Waals surface area (Å²) in [6.07, 6.45) is 0.322. The molecule has 3 rings (SSSR count). The highest BCUT2D eigenvalue weighted by molar-refractivity contribution is 5.94. The highest BCUT2D eigenvalue weighted by Gasteiger charge is 2.14. The molecule has 1 heterocycles. The molecule has 1 aliphatic rings. The third kappa shape index (κ3) is 5.96. The third-order valence-corrected chi connectivity index (χ3v) is 4.98. The van der Waals surface area contributed by atoms with Gasteiger partial charge in [0.25, 0.3) is 0 Å². The Morgan fingerprint density at radius 3 is 2.41 bits per heavy atom. The fourth-order valence-electron chi connectivity index (χ4n) is 3.24. The van der Waals surface area contributed by atoms with Crippen LogP contribution in [0.5, 0.6) is 0 Å². The number of amides is 1. The Morgan fingerprint density at radius 1 is 1.00 bits per heavy atom. The molecule has 1 fully saturated rings. The number of carbonyl (C=O) groups is 2. The Balaban J connectivity index is 1.44. The number of methoxy groups -OCH3 is 1. The molecule has 2 N–H and O–H groups in total. The van der Waals surface area contributed by atoms with E-state index in [0.29, 0.717) is 24.2 Å². The van der Waals surface area contributed by atoms with E-state index in [1.54, 1.807) is 24.3 Å². The summed E-state index contributed by atoms with van der Waals surface area (Å²) in [5.74, 6) is -0.545. The Kier molecular flexibility index (Phi) is 7.08. The van der Waals surface area contributed by atoms with Crippen LogP contribution in [-0.2, 0) is 9.53 Å². The fourth-order valence-corrected chi connectivity index (χ4v) is 3.24. The van der Waals surface area contributed by atoms with Crippen molar-refractivity contribution in [2.75, 3.05) is 62.4 Å². The molecule has 7 heteroatoms. The van der Waals surface area contributed by atoms with Crippen LogP contribution < -0.4 is 15.5 Å². The molecule has 0 aliphatic carbocycles. The zero-order valence-electron chi connectivity index (χ0n) is 17.0. The van der Waals surface area contributed by atoms with E-state index in [-0.39, 0.29) is 5.91 Å². The molecule has 0 radical (unpaired) electrons. The molecular formula is C22H28N4O3. The van der Waals surface area contributed by atoms with Crippen LogP contribution in [0, 0.1) is 0 Å². The summed E-state index contributed by atoms with van der Waals surface area (Å²) >= 11 is 0. The van der Waals surface area contributed by atoms with Gasteiger partial charge in [-0.1, -0.05) is 6.07 Å². The minimum atomic E-state index is -0.428. The number of carbonyl (C=O) groups excluding carboxylic acids is 2. The van der Waals surface area contributed by atoms with Gasteiger partial charge in [-0.2, -0.15) is 0 Å². The molecule has 0 aromatic heterocycles. The average Bonchev–Trinajstić information content (AvgIpc) is 2.74. The first-order valence-electron chi connectivity index (χ1n) is 9.81. The Labute approximate surface area is 171 Å². The maximum absolute atomic E-state index is 12.2. The molecule has 0 spiro atoms. The molecular weight excluding hydrogens is 368 g/mol. The van der Waals surface area contributed by atoms with Crippen LogP contribution in [0.25, 0.3) is 0 Å². The fraction of sp³-hybridized carbons (Fsp3) is 0.364. The number of hydrogen-bond acceptors (Lipinski definition) is 6. The smallest absolute Gasteiger partial charge is 0.337 e. The van der Waals surface area contributed by atoms with Gasteiger partial charge in [0.15, 0.2) is 0 Å². The van der Waals surface area contributed by atoms with Crippen molar-refractivity contribution in [3.05, 3.63) is 54.1 Å². The lowest BCUT2D eigenvalue weighted by Crippen LogP contribution is -2.44. The highest BCUT2D eigenvalue weighted by atomic mass is 16.5. The molecule has 0 bridgehead atoms. The van der Waals surface area contributed by atoms with Gasteiger partial charge in [0, 0.05) is 56.2 Å². The van der Waals surface area contributed by atoms with E-state index in [4.69, 9.17) is 4.74 Å². The molecule has 29 heavy (non-hydrogen) atoms. The Bertz CT molecular complexity index is 830. The summed E-state index contributed by atoms with van der Waals surface area (Å²) < 4.78 is 4.70. The minimum absolute atomic E-state index is 0.117. The van der Waals surface area contributed by atoms with Crippen molar-refractivity contribution in [2.45, 2.75) is 6.42 Å². The first-order valence-corrected chi connectivity index (χ1v) is 9.81. The highest BCUT2D eigenvalue weighted by Crippen LogP contribution is 2.19. The number of rotatable bonds is 7. The lowest BCUT2D eigenvalue weighted by Gasteiger charge is -2.34. The molecule has 154 valence electrons. The Hall–Kier alpha value is -3.06. The predicted molar refractivity (Wildman–Crippen MR) is 116 cm³/mol. The Morgan fingerprint density at radius 2 is 1.72 bits per heavy atom. The van der Waals surface area contributed by atoms with E-state index in [2.05, 4.69) is 39.6 Å². The van der Waals surface area contributed by atoms with Gasteiger partial charge in [0.05, 0.1) is 12.7 Å². The van der Waals surface area contributed by atoms with Crippen LogP contribution in [0.4, 0.5) is 17.1 Å². The summed E-state index contributed by atoms with van der Waals surface area (Å²) in [5, 5.41) is 6.08. The first kappa shape index (κ1) is 20.7. The SMILES string of the molecule is COC(=O)c1cccc(NC(=O)CCNc2ccc(N3CCN(C)CC3)cc2)c1. The number of nitrogens with one attached hydrogen (secondary N) is 2. The van der Waals surface area contributed by atoms with Gasteiger partial charge in [-0.3, -0.25) is 4.79 Å². The minimum Gasteiger partial charge on any atom is -0.465 e. The lowest BCUT2D eigenvalue weighted by atomic mass is 10.2. The van der Waals surface area contributed by atoms with Gasteiger partial charge in [-0.15, -0.1) is 0 Å². The number of piperazine rings is 1. The summed E-state index contributed by atoms with van der Waals surface area (Å²) in [6, 6.07) is 15.0. The molecule has 1 saturated heterocycles. The van der Waals surface area contributed by atoms with Crippen molar-refractivity contribution >= 4 is 28.9 Å². The van der Waals surface area contributed by atoms with Crippen LogP contribution >= 0.6 is 0 Å². The van der Waals surface area contributed by atoms with Gasteiger partial charge in [-0.05, 0) is 49.5 Å². The number of hydrogen-bond donors (Lipinski definition) is 2. The normalized spacial score (nSPS) is 14.3. The van der Waals surface area contributed by atoms with E-state index >= 15 is 0 Å². The monoisotopic (exact) mass is 396 g/mol. The van der Waals surface area contributed by atoms with E-state index in [0.717, 1.165) is 31.9 Å². The molecule has 0 atom stereocenters. The van der Waals surface area contributed by atoms with Crippen molar-refractivity contribution in [1.29, 1.82) is 0 Å². The molecule has 7 nitrogen and oxygen atoms in total. The van der Waals surface area contributed by atoms with E-state index in [1.165, 1.54) is 12.8 Å². The summed E-state index contributed by atoms with van der Waals surface area (Å²) in [4.78, 5) is 28.5. The number of likely N-dealkylation sites (N-methyl/N-ethyl adjacent to an activating group) is 1. The quantitative estimate of drug-likeness (QED) is 0.701. The average molecular weight is 396 g/mol. The van der Waals surface area contributed by atoms with Gasteiger partial charge >= 0.3 is 5.97 Å². The zero-order chi connectivity index (χ0) is 20.6. The molecule has 2 aromatic carbocycles. The van der Waals surface area contributed by atoms with Crippen LogP contribution in [0.3, 0.4) is 0 Å². The molecule has 2 aromatic rings. The summed E-state index contributed by atoms with van der Waals surface area (Å²) in [5.41, 5.74) is 3.20. The third-order valence-electron chi connectivity index (χ3n) is 4.98. The van der Waals surface area contributed by atoms with Gasteiger partial charge < -0.3 is 25.2 Å². The van der Waals surface area contributed by atoms with Crippen molar-refractivity contribution in [2.24, 2.45) is 0 Å². The van der Waals surface area contributed by atoms with Crippen LogP contribution in [-0.4, -0.2) is 63.7 Å². The van der Waals surface area contributed by atoms with Crippen molar-refractivity contribution in [3.63, 3.8) is 0 Å². The second kappa shape index (κ2) is 9.93. The number of esters is 1. The summed E-state index contributed by atoms with van der Waals surface area (Å²) in [7, 11) is 3.48. The lowest BCUT2D eigenvalue weighted by molar-refractivity contribution is -0.115. The number of nitrogens with zero attached hydrogens (tertiary/aromatic N) is 2. The second-order valence-electron chi connectivity index (χ2n) is 7.13. The zero-order valence-corrected chi connectivity index (χ0v) is 17.0. The van der Waals surface area contributed by atoms with E-state index in [9.17, 15) is 9.59 Å². The van der Waals surface area contributed by atoms with E-state index in [1.807, 2.05) is 12.1 Å². The summed E-state index contributed by atoms with van der Waals surface area (Å²) in [6.45, 7) is 4.77. The second-order valence-corrected chi connectivity index (χ2v) is 7.13. The standard InChI is InChI=1S/C22H28N4O3/c1-25-12-14-26(15-13-25)20-8-6-18(7-9-20)23-11-10-21(27)24-19-5-3-4-17(16-19)22(28)29-2/h3-9,16,23H,10-15H2,1-2H3,(H,24,27). The molecule has 0 saturated carbocycles. The largest absolute Gasteiger partial charge is 0.465 e. The van der Waals surface area contributed by atoms with Crippen molar-refractivity contribution in [3.8, 4) is 0 Å². The van der Waals surface area contributed by atoms with Crippen molar-refractivity contribution in [1.82, 2.24) is 4.90 Å². The predicted octanol–water partition coefficient (Wildman–Crippen LogP) is 2.67. The molecule has 0 unspecified atom stereocenters. The van der Waals surface area contributed by atoms with Crippen LogP contribution in [0.2, 0.25) is 0 Å². The van der Waals surface area contributed by atoms with Gasteiger partial charge in [0.2, 0.25) is 5.91 Å². The molecule has 1 aliphatic heterocycles. The van der Waals surface area contributed by atoms with Crippen molar-refractivity contribution < 1.29 is 14.3 Å². The number of ether oxygens (including phenoxy) is 1. The first-order chi connectivity index (χ1) is 14.0. The van der Waals surface area contributed by atoms with Crippen LogP contribution in [0.1, 0.15) is 16.8 Å². The maximum Gasteiger partial charge on any atom is 0.337 e. The van der Waals surface area contributed by atoms with Gasteiger partial charge in [0.1, 0.15) is 0 Å². The van der Waals surface area contributed by atoms with Crippen LogP contribution in [0.15, 0.2) is 48.5 Å². The topological polar surface area (TPSA) is 73.9 Å². The molecule has 1 amide bonds. The maximum atomic E-state index is 12.2.